The third-order valence-electron chi connectivity index (χ3n) is 3.15. The van der Waals surface area contributed by atoms with Gasteiger partial charge in [-0.1, -0.05) is 0 Å². The van der Waals surface area contributed by atoms with Gasteiger partial charge in [-0.15, -0.1) is 0 Å². The summed E-state index contributed by atoms with van der Waals surface area (Å²) < 4.78 is 26.1. The molecule has 1 aliphatic heterocycles. The molecule has 6 nitrogen and oxygen atoms in total. The second kappa shape index (κ2) is 5.24. The normalized spacial score (nSPS) is 19.7. The zero-order valence-corrected chi connectivity index (χ0v) is 12.2. The molecular weight excluding hydrogens is 266 g/mol. The summed E-state index contributed by atoms with van der Waals surface area (Å²) in [6.07, 6.45) is 3.11. The van der Waals surface area contributed by atoms with Crippen molar-refractivity contribution < 1.29 is 13.5 Å². The highest BCUT2D eigenvalue weighted by Crippen LogP contribution is 2.17. The van der Waals surface area contributed by atoms with Crippen molar-refractivity contribution in [3.05, 3.63) is 18.5 Å². The average molecular weight is 287 g/mol. The van der Waals surface area contributed by atoms with E-state index >= 15 is 0 Å². The van der Waals surface area contributed by atoms with Gasteiger partial charge >= 0.3 is 0 Å². The van der Waals surface area contributed by atoms with E-state index in [1.165, 1.54) is 10.5 Å². The van der Waals surface area contributed by atoms with Crippen molar-refractivity contribution in [2.45, 2.75) is 24.3 Å². The highest BCUT2D eigenvalue weighted by atomic mass is 32.2. The van der Waals surface area contributed by atoms with Crippen LogP contribution >= 0.6 is 0 Å². The topological polar surface area (TPSA) is 76.6 Å². The number of nitrogens with one attached hydrogen (secondary N) is 1. The van der Waals surface area contributed by atoms with E-state index in [4.69, 9.17) is 0 Å². The molecule has 2 heterocycles. The number of H-pyrrole nitrogens is 1. The first-order valence-corrected chi connectivity index (χ1v) is 7.81. The molecule has 0 aliphatic carbocycles. The van der Waals surface area contributed by atoms with Crippen molar-refractivity contribution in [1.82, 2.24) is 14.2 Å². The van der Waals surface area contributed by atoms with Crippen molar-refractivity contribution in [1.29, 1.82) is 0 Å². The fourth-order valence-electron chi connectivity index (χ4n) is 2.29. The van der Waals surface area contributed by atoms with E-state index in [0.717, 1.165) is 0 Å². The van der Waals surface area contributed by atoms with Crippen LogP contribution < -0.4 is 0 Å². The average Bonchev–Trinajstić information content (AvgIpc) is 2.81. The summed E-state index contributed by atoms with van der Waals surface area (Å²) in [6.45, 7) is 6.30. The standard InChI is InChI=1S/C12H21N3O3S/c1-12(2,16)10-14-5-7-15(8-6-14)19(17,18)11-3-4-13-9-11/h3-4,9,13,16H,5-8,10H2,1-2H3. The minimum absolute atomic E-state index is 0.309. The number of aromatic amines is 1. The number of aliphatic hydroxyl groups is 1. The van der Waals surface area contributed by atoms with Crippen LogP contribution in [0.25, 0.3) is 0 Å². The maximum atomic E-state index is 12.3. The van der Waals surface area contributed by atoms with Gasteiger partial charge in [-0.3, -0.25) is 4.90 Å². The minimum Gasteiger partial charge on any atom is -0.389 e. The Morgan fingerprint density at radius 2 is 1.95 bits per heavy atom. The van der Waals surface area contributed by atoms with Crippen molar-refractivity contribution in [2.75, 3.05) is 32.7 Å². The lowest BCUT2D eigenvalue weighted by Gasteiger charge is -2.36. The Morgan fingerprint density at radius 1 is 1.32 bits per heavy atom. The molecule has 0 aromatic carbocycles. The van der Waals surface area contributed by atoms with Crippen molar-refractivity contribution in [3.63, 3.8) is 0 Å². The monoisotopic (exact) mass is 287 g/mol. The molecule has 2 rings (SSSR count). The number of hydrogen-bond donors (Lipinski definition) is 2. The lowest BCUT2D eigenvalue weighted by molar-refractivity contribution is 0.0263. The SMILES string of the molecule is CC(C)(O)CN1CCN(S(=O)(=O)c2cc[nH]c2)CC1. The van der Waals surface area contributed by atoms with E-state index in [9.17, 15) is 13.5 Å². The molecule has 0 saturated carbocycles. The molecule has 0 amide bonds. The van der Waals surface area contributed by atoms with Crippen molar-refractivity contribution in [2.24, 2.45) is 0 Å². The van der Waals surface area contributed by atoms with Gasteiger partial charge in [0, 0.05) is 45.1 Å². The smallest absolute Gasteiger partial charge is 0.244 e. The zero-order valence-electron chi connectivity index (χ0n) is 11.3. The fraction of sp³-hybridized carbons (Fsp3) is 0.667. The predicted molar refractivity (Wildman–Crippen MR) is 72.3 cm³/mol. The first-order valence-electron chi connectivity index (χ1n) is 6.37. The Morgan fingerprint density at radius 3 is 2.42 bits per heavy atom. The molecule has 1 fully saturated rings. The Hall–Kier alpha value is -0.890. The molecule has 108 valence electrons. The second-order valence-corrected chi connectivity index (χ2v) is 7.48. The predicted octanol–water partition coefficient (Wildman–Crippen LogP) is 0.0919. The van der Waals surface area contributed by atoms with Crippen LogP contribution in [0.3, 0.4) is 0 Å². The Balaban J connectivity index is 1.97. The van der Waals surface area contributed by atoms with Gasteiger partial charge in [-0.25, -0.2) is 8.42 Å². The zero-order chi connectivity index (χ0) is 14.1. The van der Waals surface area contributed by atoms with Gasteiger partial charge in [-0.05, 0) is 19.9 Å². The van der Waals surface area contributed by atoms with Crippen molar-refractivity contribution in [3.8, 4) is 0 Å². The summed E-state index contributed by atoms with van der Waals surface area (Å²) in [5.74, 6) is 0. The quantitative estimate of drug-likeness (QED) is 0.823. The lowest BCUT2D eigenvalue weighted by atomic mass is 10.1. The van der Waals surface area contributed by atoms with E-state index in [0.29, 0.717) is 37.6 Å². The molecule has 1 aliphatic rings. The third-order valence-corrected chi connectivity index (χ3v) is 5.04. The Labute approximate surface area is 114 Å². The molecule has 0 spiro atoms. The van der Waals surface area contributed by atoms with Crippen LogP contribution in [0.5, 0.6) is 0 Å². The van der Waals surface area contributed by atoms with Crippen LogP contribution in [-0.4, -0.2) is 66.0 Å². The lowest BCUT2D eigenvalue weighted by Crippen LogP contribution is -2.51. The molecule has 2 N–H and O–H groups in total. The Kier molecular flexibility index (Phi) is 4.00. The maximum absolute atomic E-state index is 12.3. The van der Waals surface area contributed by atoms with Crippen LogP contribution in [0.1, 0.15) is 13.8 Å². The van der Waals surface area contributed by atoms with Gasteiger partial charge in [0.1, 0.15) is 0 Å². The molecule has 0 atom stereocenters. The largest absolute Gasteiger partial charge is 0.389 e. The van der Waals surface area contributed by atoms with Gasteiger partial charge < -0.3 is 10.1 Å². The van der Waals surface area contributed by atoms with Crippen LogP contribution in [0.15, 0.2) is 23.4 Å². The van der Waals surface area contributed by atoms with Crippen molar-refractivity contribution >= 4 is 10.0 Å². The summed E-state index contributed by atoms with van der Waals surface area (Å²) in [7, 11) is -3.37. The van der Waals surface area contributed by atoms with Crippen LogP contribution in [0.2, 0.25) is 0 Å². The number of aromatic nitrogens is 1. The molecule has 0 unspecified atom stereocenters. The Bertz CT molecular complexity index is 497. The van der Waals surface area contributed by atoms with Crippen LogP contribution in [0, 0.1) is 0 Å². The highest BCUT2D eigenvalue weighted by Gasteiger charge is 2.30. The minimum atomic E-state index is -3.37. The van der Waals surface area contributed by atoms with Gasteiger partial charge in [0.05, 0.1) is 10.5 Å². The van der Waals surface area contributed by atoms with E-state index in [2.05, 4.69) is 9.88 Å². The molecule has 7 heteroatoms. The first kappa shape index (κ1) is 14.5. The van der Waals surface area contributed by atoms with E-state index < -0.39 is 15.6 Å². The summed E-state index contributed by atoms with van der Waals surface area (Å²) in [5, 5.41) is 9.77. The van der Waals surface area contributed by atoms with Gasteiger partial charge in [0.25, 0.3) is 0 Å². The summed E-state index contributed by atoms with van der Waals surface area (Å²) >= 11 is 0. The summed E-state index contributed by atoms with van der Waals surface area (Å²) in [4.78, 5) is 5.16. The summed E-state index contributed by atoms with van der Waals surface area (Å²) in [6, 6.07) is 1.57. The number of nitrogens with zero attached hydrogens (tertiary/aromatic N) is 2. The van der Waals surface area contributed by atoms with Crippen LogP contribution in [0.4, 0.5) is 0 Å². The van der Waals surface area contributed by atoms with E-state index in [1.807, 2.05) is 0 Å². The van der Waals surface area contributed by atoms with Crippen LogP contribution in [-0.2, 0) is 10.0 Å². The summed E-state index contributed by atoms with van der Waals surface area (Å²) in [5.41, 5.74) is -0.748. The molecule has 19 heavy (non-hydrogen) atoms. The first-order chi connectivity index (χ1) is 8.79. The molecule has 1 aromatic heterocycles. The van der Waals surface area contributed by atoms with E-state index in [-0.39, 0.29) is 0 Å². The van der Waals surface area contributed by atoms with E-state index in [1.54, 1.807) is 26.1 Å². The van der Waals surface area contributed by atoms with Gasteiger partial charge in [0.15, 0.2) is 0 Å². The molecule has 0 bridgehead atoms. The fourth-order valence-corrected chi connectivity index (χ4v) is 3.69. The number of piperazine rings is 1. The number of hydrogen-bond acceptors (Lipinski definition) is 4. The molecular formula is C12H21N3O3S. The molecule has 1 saturated heterocycles. The molecule has 0 radical (unpaired) electrons. The maximum Gasteiger partial charge on any atom is 0.244 e. The number of β-amino-alcohol motifs (C(OH)–C–C–N with tert-alkyl or cyclic N) is 1. The second-order valence-electron chi connectivity index (χ2n) is 5.54. The van der Waals surface area contributed by atoms with Gasteiger partial charge in [0.2, 0.25) is 10.0 Å². The third kappa shape index (κ3) is 3.56. The number of sulfonamides is 1. The number of rotatable bonds is 4. The molecule has 1 aromatic rings. The highest BCUT2D eigenvalue weighted by molar-refractivity contribution is 7.89. The van der Waals surface area contributed by atoms with Gasteiger partial charge in [-0.2, -0.15) is 4.31 Å².